The number of rotatable bonds is 1. The zero-order valence-electron chi connectivity index (χ0n) is 5.26. The maximum atomic E-state index is 12.3. The summed E-state index contributed by atoms with van der Waals surface area (Å²) in [6.07, 6.45) is 1.86. The number of benzene rings is 1. The van der Waals surface area contributed by atoms with Gasteiger partial charge < -0.3 is 0 Å². The summed E-state index contributed by atoms with van der Waals surface area (Å²) in [6, 6.07) is 6.50. The van der Waals surface area contributed by atoms with Crippen LogP contribution < -0.4 is 0 Å². The second-order valence-corrected chi connectivity index (χ2v) is 1.84. The predicted octanol–water partition coefficient (Wildman–Crippen LogP) is 2.40. The first-order valence-corrected chi connectivity index (χ1v) is 2.88. The summed E-state index contributed by atoms with van der Waals surface area (Å²) in [4.78, 5) is 0. The van der Waals surface area contributed by atoms with Gasteiger partial charge in [0.15, 0.2) is 0 Å². The molecule has 0 aliphatic rings. The van der Waals surface area contributed by atoms with Crippen molar-refractivity contribution < 1.29 is 4.39 Å². The van der Waals surface area contributed by atoms with Crippen LogP contribution >= 0.6 is 0 Å². The topological polar surface area (TPSA) is 0 Å². The van der Waals surface area contributed by atoms with Crippen molar-refractivity contribution >= 4 is 0 Å². The van der Waals surface area contributed by atoms with Crippen LogP contribution in [0.5, 0.6) is 0 Å². The fraction of sp³-hybridized carbons (Fsp3) is 0.125. The van der Waals surface area contributed by atoms with E-state index in [0.717, 1.165) is 5.56 Å². The Morgan fingerprint density at radius 2 is 2.22 bits per heavy atom. The summed E-state index contributed by atoms with van der Waals surface area (Å²) in [7, 11) is 0. The summed E-state index contributed by atoms with van der Waals surface area (Å²) in [5.41, 5.74) is 0.926. The summed E-state index contributed by atoms with van der Waals surface area (Å²) < 4.78 is 12.3. The molecule has 0 saturated heterocycles. The molecule has 0 bridgehead atoms. The minimum absolute atomic E-state index is 0.175. The molecular formula is C8H8F. The molecule has 0 spiro atoms. The normalized spacial score (nSPS) is 9.56. The van der Waals surface area contributed by atoms with Gasteiger partial charge in [-0.2, -0.15) is 0 Å². The Bertz CT molecular complexity index is 194. The molecule has 47 valence electrons. The van der Waals surface area contributed by atoms with E-state index in [2.05, 4.69) is 0 Å². The Hall–Kier alpha value is -0.850. The highest BCUT2D eigenvalue weighted by molar-refractivity contribution is 5.22. The minimum Gasteiger partial charge on any atom is -0.207 e. The molecule has 0 nitrogen and oxygen atoms in total. The van der Waals surface area contributed by atoms with Crippen molar-refractivity contribution in [3.63, 3.8) is 0 Å². The Morgan fingerprint density at radius 3 is 2.67 bits per heavy atom. The van der Waals surface area contributed by atoms with Gasteiger partial charge >= 0.3 is 0 Å². The number of hydrogen-bond acceptors (Lipinski definition) is 0. The van der Waals surface area contributed by atoms with E-state index in [4.69, 9.17) is 0 Å². The second-order valence-electron chi connectivity index (χ2n) is 1.84. The molecule has 9 heavy (non-hydrogen) atoms. The maximum absolute atomic E-state index is 12.3. The second kappa shape index (κ2) is 2.62. The molecule has 0 atom stereocenters. The molecule has 0 amide bonds. The van der Waals surface area contributed by atoms with Crippen molar-refractivity contribution in [3.8, 4) is 0 Å². The van der Waals surface area contributed by atoms with Crippen LogP contribution in [0.2, 0.25) is 0 Å². The van der Waals surface area contributed by atoms with Crippen LogP contribution in [-0.4, -0.2) is 0 Å². The molecule has 1 aromatic rings. The largest absolute Gasteiger partial charge is 0.207 e. The molecule has 0 fully saturated rings. The minimum atomic E-state index is -0.175. The van der Waals surface area contributed by atoms with E-state index >= 15 is 0 Å². The SMILES string of the molecule is C[CH]c1cccc(F)c1. The Kier molecular flexibility index (Phi) is 1.83. The monoisotopic (exact) mass is 123 g/mol. The van der Waals surface area contributed by atoms with Gasteiger partial charge in [-0.15, -0.1) is 0 Å². The molecule has 1 heteroatoms. The number of halogens is 1. The van der Waals surface area contributed by atoms with Crippen LogP contribution in [0.15, 0.2) is 24.3 Å². The van der Waals surface area contributed by atoms with Gasteiger partial charge in [-0.3, -0.25) is 0 Å². The van der Waals surface area contributed by atoms with Crippen molar-refractivity contribution in [1.82, 2.24) is 0 Å². The fourth-order valence-corrected chi connectivity index (χ4v) is 0.686. The van der Waals surface area contributed by atoms with Crippen LogP contribution in [0, 0.1) is 12.2 Å². The molecule has 0 heterocycles. The van der Waals surface area contributed by atoms with Crippen LogP contribution in [0.1, 0.15) is 12.5 Å². The van der Waals surface area contributed by atoms with E-state index in [9.17, 15) is 4.39 Å². The van der Waals surface area contributed by atoms with Crippen molar-refractivity contribution in [2.24, 2.45) is 0 Å². The van der Waals surface area contributed by atoms with Crippen molar-refractivity contribution in [3.05, 3.63) is 42.1 Å². The lowest BCUT2D eigenvalue weighted by Gasteiger charge is -1.92. The van der Waals surface area contributed by atoms with Gasteiger partial charge in [-0.1, -0.05) is 19.1 Å². The van der Waals surface area contributed by atoms with Gasteiger partial charge in [0.05, 0.1) is 0 Å². The van der Waals surface area contributed by atoms with E-state index in [1.54, 1.807) is 6.07 Å². The fourth-order valence-electron chi connectivity index (χ4n) is 0.686. The van der Waals surface area contributed by atoms with Crippen molar-refractivity contribution in [1.29, 1.82) is 0 Å². The van der Waals surface area contributed by atoms with E-state index in [1.807, 2.05) is 19.4 Å². The highest BCUT2D eigenvalue weighted by Crippen LogP contribution is 2.04. The summed E-state index contributed by atoms with van der Waals surface area (Å²) in [6.45, 7) is 1.88. The first kappa shape index (κ1) is 6.27. The zero-order valence-corrected chi connectivity index (χ0v) is 5.26. The van der Waals surface area contributed by atoms with Gasteiger partial charge in [0.1, 0.15) is 5.82 Å². The summed E-state index contributed by atoms with van der Waals surface area (Å²) in [5, 5.41) is 0. The van der Waals surface area contributed by atoms with Gasteiger partial charge in [-0.05, 0) is 24.1 Å². The Labute approximate surface area is 54.3 Å². The van der Waals surface area contributed by atoms with Gasteiger partial charge in [0.25, 0.3) is 0 Å². The third kappa shape index (κ3) is 1.53. The molecule has 0 N–H and O–H groups in total. The predicted molar refractivity (Wildman–Crippen MR) is 35.5 cm³/mol. The van der Waals surface area contributed by atoms with Crippen molar-refractivity contribution in [2.45, 2.75) is 6.92 Å². The van der Waals surface area contributed by atoms with Crippen LogP contribution in [0.4, 0.5) is 4.39 Å². The summed E-state index contributed by atoms with van der Waals surface area (Å²) >= 11 is 0. The van der Waals surface area contributed by atoms with Crippen LogP contribution in [0.25, 0.3) is 0 Å². The molecular weight excluding hydrogens is 115 g/mol. The quantitative estimate of drug-likeness (QED) is 0.538. The molecule has 0 saturated carbocycles. The Balaban J connectivity index is 2.94. The standard InChI is InChI=1S/C8H8F/c1-2-7-4-3-5-8(9)6-7/h2-6H,1H3. The third-order valence-corrected chi connectivity index (χ3v) is 1.18. The molecule has 1 aromatic carbocycles. The average molecular weight is 123 g/mol. The average Bonchev–Trinajstić information content (AvgIpc) is 1.88. The van der Waals surface area contributed by atoms with E-state index in [-0.39, 0.29) is 5.82 Å². The summed E-state index contributed by atoms with van der Waals surface area (Å²) in [5.74, 6) is -0.175. The lowest BCUT2D eigenvalue weighted by Crippen LogP contribution is -1.77. The van der Waals surface area contributed by atoms with Gasteiger partial charge in [-0.25, -0.2) is 4.39 Å². The van der Waals surface area contributed by atoms with Gasteiger partial charge in [0, 0.05) is 0 Å². The zero-order chi connectivity index (χ0) is 6.69. The van der Waals surface area contributed by atoms with Crippen LogP contribution in [-0.2, 0) is 0 Å². The third-order valence-electron chi connectivity index (χ3n) is 1.18. The van der Waals surface area contributed by atoms with Gasteiger partial charge in [0.2, 0.25) is 0 Å². The van der Waals surface area contributed by atoms with E-state index in [1.165, 1.54) is 12.1 Å². The first-order chi connectivity index (χ1) is 4.33. The first-order valence-electron chi connectivity index (χ1n) is 2.88. The molecule has 0 aromatic heterocycles. The van der Waals surface area contributed by atoms with Crippen molar-refractivity contribution in [2.75, 3.05) is 0 Å². The smallest absolute Gasteiger partial charge is 0.123 e. The maximum Gasteiger partial charge on any atom is 0.123 e. The van der Waals surface area contributed by atoms with E-state index < -0.39 is 0 Å². The highest BCUT2D eigenvalue weighted by Gasteiger charge is 1.89. The lowest BCUT2D eigenvalue weighted by molar-refractivity contribution is 0.627. The molecule has 1 rings (SSSR count). The molecule has 0 aliphatic carbocycles. The highest BCUT2D eigenvalue weighted by atomic mass is 19.1. The van der Waals surface area contributed by atoms with E-state index in [0.29, 0.717) is 0 Å². The molecule has 1 radical (unpaired) electrons. The Morgan fingerprint density at radius 1 is 1.44 bits per heavy atom. The molecule has 0 unspecified atom stereocenters. The molecule has 0 aliphatic heterocycles. The number of hydrogen-bond donors (Lipinski definition) is 0. The lowest BCUT2D eigenvalue weighted by atomic mass is 10.2. The van der Waals surface area contributed by atoms with Crippen LogP contribution in [0.3, 0.4) is 0 Å².